The van der Waals surface area contributed by atoms with Gasteiger partial charge in [0.25, 0.3) is 0 Å². The summed E-state index contributed by atoms with van der Waals surface area (Å²) in [6.07, 6.45) is -1.59. The van der Waals surface area contributed by atoms with Crippen molar-refractivity contribution in [1.82, 2.24) is 10.9 Å². The van der Waals surface area contributed by atoms with Crippen molar-refractivity contribution in [3.05, 3.63) is 70.2 Å². The fourth-order valence-corrected chi connectivity index (χ4v) is 1.80. The molecule has 0 unspecified atom stereocenters. The molecule has 0 bridgehead atoms. The van der Waals surface area contributed by atoms with Crippen molar-refractivity contribution >= 4 is 30.0 Å². The van der Waals surface area contributed by atoms with E-state index in [4.69, 9.17) is 17.0 Å². The molecule has 0 heterocycles. The first-order valence-corrected chi connectivity index (χ1v) is 7.32. The molecule has 0 amide bonds. The quantitative estimate of drug-likeness (QED) is 0.436. The van der Waals surface area contributed by atoms with Gasteiger partial charge in [-0.1, -0.05) is 35.9 Å². The van der Waals surface area contributed by atoms with Crippen molar-refractivity contribution in [3.63, 3.8) is 0 Å². The van der Waals surface area contributed by atoms with Gasteiger partial charge in [-0.25, -0.2) is 10.9 Å². The highest BCUT2D eigenvalue weighted by atomic mass is 35.5. The molecule has 9 heteroatoms. The van der Waals surface area contributed by atoms with Crippen molar-refractivity contribution in [2.45, 2.75) is 6.18 Å². The highest BCUT2D eigenvalue weighted by molar-refractivity contribution is 6.30. The summed E-state index contributed by atoms with van der Waals surface area (Å²) in [6, 6.07) is 11.4. The number of rotatable bonds is 4. The zero-order valence-electron chi connectivity index (χ0n) is 12.7. The highest BCUT2D eigenvalue weighted by Crippen LogP contribution is 2.28. The van der Waals surface area contributed by atoms with Crippen LogP contribution in [-0.4, -0.2) is 18.4 Å². The first kappa shape index (κ1) is 18.5. The number of hydrogen-bond acceptors (Lipinski definition) is 3. The minimum absolute atomic E-state index is 0.201. The van der Waals surface area contributed by atoms with Gasteiger partial charge in [-0.05, 0) is 35.4 Å². The largest absolute Gasteiger partial charge is 0.416 e. The molecule has 0 atom stereocenters. The van der Waals surface area contributed by atoms with Crippen LogP contribution in [0.5, 0.6) is 0 Å². The third-order valence-corrected chi connectivity index (χ3v) is 3.14. The fraction of sp³-hybridized carbons (Fsp3) is 0.0625. The van der Waals surface area contributed by atoms with Gasteiger partial charge in [0, 0.05) is 5.02 Å². The molecule has 0 radical (unpaired) electrons. The first-order chi connectivity index (χ1) is 11.8. The Morgan fingerprint density at radius 1 is 0.880 bits per heavy atom. The number of benzene rings is 2. The summed E-state index contributed by atoms with van der Waals surface area (Å²) in [5.74, 6) is -0.201. The number of alkyl halides is 3. The SMILES string of the molecule is N=C(N/N=C/c1ccc(Cl)cc1)N/N=C/c1ccc(C(F)(F)F)cc1. The normalized spacial score (nSPS) is 11.8. The molecule has 0 saturated heterocycles. The van der Waals surface area contributed by atoms with Crippen molar-refractivity contribution in [2.24, 2.45) is 10.2 Å². The van der Waals surface area contributed by atoms with E-state index >= 15 is 0 Å². The molecule has 0 aromatic heterocycles. The van der Waals surface area contributed by atoms with E-state index in [0.29, 0.717) is 10.6 Å². The summed E-state index contributed by atoms with van der Waals surface area (Å²) in [5.41, 5.74) is 5.28. The molecule has 25 heavy (non-hydrogen) atoms. The Morgan fingerprint density at radius 3 is 1.76 bits per heavy atom. The van der Waals surface area contributed by atoms with E-state index in [9.17, 15) is 13.2 Å². The number of hydrogen-bond donors (Lipinski definition) is 3. The van der Waals surface area contributed by atoms with Crippen LogP contribution in [0.2, 0.25) is 5.02 Å². The maximum atomic E-state index is 12.4. The van der Waals surface area contributed by atoms with Crippen LogP contribution in [-0.2, 0) is 6.18 Å². The molecule has 2 aromatic carbocycles. The molecule has 2 rings (SSSR count). The van der Waals surface area contributed by atoms with Crippen LogP contribution in [0.1, 0.15) is 16.7 Å². The lowest BCUT2D eigenvalue weighted by molar-refractivity contribution is -0.137. The van der Waals surface area contributed by atoms with E-state index in [1.54, 1.807) is 24.3 Å². The molecule has 0 aliphatic rings. The van der Waals surface area contributed by atoms with Gasteiger partial charge in [0.05, 0.1) is 18.0 Å². The maximum absolute atomic E-state index is 12.4. The monoisotopic (exact) mass is 367 g/mol. The van der Waals surface area contributed by atoms with E-state index in [1.807, 2.05) is 0 Å². The lowest BCUT2D eigenvalue weighted by Gasteiger charge is -2.05. The van der Waals surface area contributed by atoms with E-state index in [-0.39, 0.29) is 5.96 Å². The predicted octanol–water partition coefficient (Wildman–Crippen LogP) is 3.84. The van der Waals surface area contributed by atoms with Gasteiger partial charge >= 0.3 is 6.18 Å². The standard InChI is InChI=1S/C16H13ClF3N5/c17-14-7-3-12(4-8-14)10-23-25-15(21)24-22-9-11-1-5-13(6-2-11)16(18,19)20/h1-10H,(H3,21,24,25)/b22-9+,23-10+. The number of hydrazone groups is 2. The Hall–Kier alpha value is -2.87. The van der Waals surface area contributed by atoms with Crippen LogP contribution in [0, 0.1) is 5.41 Å². The van der Waals surface area contributed by atoms with Crippen molar-refractivity contribution in [1.29, 1.82) is 5.41 Å². The smallest absolute Gasteiger partial charge is 0.266 e. The van der Waals surface area contributed by atoms with Crippen LogP contribution in [0.25, 0.3) is 0 Å². The van der Waals surface area contributed by atoms with Crippen LogP contribution >= 0.6 is 11.6 Å². The Labute approximate surface area is 146 Å². The predicted molar refractivity (Wildman–Crippen MR) is 92.1 cm³/mol. The Kier molecular flexibility index (Phi) is 6.13. The Morgan fingerprint density at radius 2 is 1.32 bits per heavy atom. The second-order valence-corrected chi connectivity index (χ2v) is 5.22. The van der Waals surface area contributed by atoms with Crippen molar-refractivity contribution in [3.8, 4) is 0 Å². The molecular formula is C16H13ClF3N5. The molecule has 0 spiro atoms. The minimum atomic E-state index is -4.37. The zero-order valence-corrected chi connectivity index (χ0v) is 13.4. The molecule has 0 saturated carbocycles. The van der Waals surface area contributed by atoms with Crippen LogP contribution in [0.3, 0.4) is 0 Å². The highest BCUT2D eigenvalue weighted by Gasteiger charge is 2.29. The lowest BCUT2D eigenvalue weighted by atomic mass is 10.1. The molecule has 130 valence electrons. The van der Waals surface area contributed by atoms with E-state index in [2.05, 4.69) is 21.1 Å². The van der Waals surface area contributed by atoms with Crippen LogP contribution in [0.15, 0.2) is 58.7 Å². The van der Waals surface area contributed by atoms with E-state index in [0.717, 1.165) is 17.7 Å². The fourth-order valence-electron chi connectivity index (χ4n) is 1.67. The molecule has 0 aliphatic heterocycles. The molecule has 0 aliphatic carbocycles. The number of nitrogens with zero attached hydrogens (tertiary/aromatic N) is 2. The first-order valence-electron chi connectivity index (χ1n) is 6.94. The topological polar surface area (TPSA) is 72.6 Å². The van der Waals surface area contributed by atoms with E-state index in [1.165, 1.54) is 24.6 Å². The molecule has 2 aromatic rings. The summed E-state index contributed by atoms with van der Waals surface area (Å²) in [6.45, 7) is 0. The van der Waals surface area contributed by atoms with Crippen molar-refractivity contribution in [2.75, 3.05) is 0 Å². The number of nitrogens with one attached hydrogen (secondary N) is 3. The summed E-state index contributed by atoms with van der Waals surface area (Å²) >= 11 is 5.76. The molecule has 3 N–H and O–H groups in total. The minimum Gasteiger partial charge on any atom is -0.266 e. The maximum Gasteiger partial charge on any atom is 0.416 e. The van der Waals surface area contributed by atoms with Gasteiger partial charge in [-0.2, -0.15) is 23.4 Å². The third kappa shape index (κ3) is 6.27. The van der Waals surface area contributed by atoms with Gasteiger partial charge < -0.3 is 0 Å². The number of halogens is 4. The van der Waals surface area contributed by atoms with Gasteiger partial charge in [0.2, 0.25) is 5.96 Å². The van der Waals surface area contributed by atoms with Crippen LogP contribution in [0.4, 0.5) is 13.2 Å². The van der Waals surface area contributed by atoms with Gasteiger partial charge in [-0.15, -0.1) is 0 Å². The summed E-state index contributed by atoms with van der Waals surface area (Å²) < 4.78 is 37.3. The Bertz CT molecular complexity index is 768. The van der Waals surface area contributed by atoms with Crippen molar-refractivity contribution < 1.29 is 13.2 Å². The van der Waals surface area contributed by atoms with Gasteiger partial charge in [0.15, 0.2) is 0 Å². The molecular weight excluding hydrogens is 355 g/mol. The van der Waals surface area contributed by atoms with Gasteiger partial charge in [0.1, 0.15) is 0 Å². The zero-order chi connectivity index (χ0) is 18.3. The molecule has 5 nitrogen and oxygen atoms in total. The Balaban J connectivity index is 1.81. The second-order valence-electron chi connectivity index (χ2n) is 4.79. The molecule has 0 fully saturated rings. The second kappa shape index (κ2) is 8.29. The summed E-state index contributed by atoms with van der Waals surface area (Å²) in [5, 5.41) is 15.7. The summed E-state index contributed by atoms with van der Waals surface area (Å²) in [7, 11) is 0. The summed E-state index contributed by atoms with van der Waals surface area (Å²) in [4.78, 5) is 0. The average Bonchev–Trinajstić information content (AvgIpc) is 2.56. The van der Waals surface area contributed by atoms with Gasteiger partial charge in [-0.3, -0.25) is 5.41 Å². The lowest BCUT2D eigenvalue weighted by Crippen LogP contribution is -2.29. The van der Waals surface area contributed by atoms with E-state index < -0.39 is 11.7 Å². The van der Waals surface area contributed by atoms with Crippen LogP contribution < -0.4 is 10.9 Å². The third-order valence-electron chi connectivity index (χ3n) is 2.89. The number of guanidine groups is 1. The average molecular weight is 368 g/mol.